The third-order valence-electron chi connectivity index (χ3n) is 8.91. The summed E-state index contributed by atoms with van der Waals surface area (Å²) in [4.78, 5) is 0. The first-order valence-electron chi connectivity index (χ1n) is 14.4. The summed E-state index contributed by atoms with van der Waals surface area (Å²) in [6, 6.07) is 44.2. The highest BCUT2D eigenvalue weighted by atomic mass is 16.3. The molecule has 1 aromatic heterocycles. The lowest BCUT2D eigenvalue weighted by molar-refractivity contribution is 0.669. The molecule has 0 saturated carbocycles. The van der Waals surface area contributed by atoms with Gasteiger partial charge in [0.05, 0.1) is 0 Å². The van der Waals surface area contributed by atoms with E-state index in [0.717, 1.165) is 34.8 Å². The van der Waals surface area contributed by atoms with E-state index in [-0.39, 0.29) is 0 Å². The van der Waals surface area contributed by atoms with Gasteiger partial charge in [0.25, 0.3) is 0 Å². The standard InChI is InChI=1S/C40H26O/c1-2-12-27-25(11-1)23-36(29-14-4-3-13-28(27)29)40-33-18-7-5-16-31(33)39(32-17-6-8-19-34(32)40)26-21-22-38-35(24-26)30-15-9-10-20-37(30)41-38/h1-3,5-13,15-24H,4,14H2. The SMILES string of the molecule is C1=Cc2c(c(-c3c4ccccc4c(-c4ccc5oc6ccccc6c5c4)c4ccccc34)cc3ccccc23)CC1. The molecule has 0 unspecified atom stereocenters. The summed E-state index contributed by atoms with van der Waals surface area (Å²) in [5, 5.41) is 10.1. The Morgan fingerprint density at radius 1 is 0.488 bits per heavy atom. The first-order chi connectivity index (χ1) is 20.3. The van der Waals surface area contributed by atoms with Gasteiger partial charge in [0.15, 0.2) is 0 Å². The Balaban J connectivity index is 1.42. The van der Waals surface area contributed by atoms with Crippen LogP contribution in [0.4, 0.5) is 0 Å². The minimum Gasteiger partial charge on any atom is -0.456 e. The van der Waals surface area contributed by atoms with Gasteiger partial charge >= 0.3 is 0 Å². The van der Waals surface area contributed by atoms with Crippen molar-refractivity contribution in [3.05, 3.63) is 139 Å². The van der Waals surface area contributed by atoms with E-state index in [9.17, 15) is 0 Å². The van der Waals surface area contributed by atoms with E-state index in [1.165, 1.54) is 65.7 Å². The molecule has 1 aliphatic carbocycles. The maximum Gasteiger partial charge on any atom is 0.135 e. The maximum absolute atomic E-state index is 6.18. The van der Waals surface area contributed by atoms with Crippen molar-refractivity contribution in [3.63, 3.8) is 0 Å². The van der Waals surface area contributed by atoms with Crippen LogP contribution in [0.5, 0.6) is 0 Å². The van der Waals surface area contributed by atoms with Gasteiger partial charge in [0.2, 0.25) is 0 Å². The van der Waals surface area contributed by atoms with Crippen molar-refractivity contribution in [1.29, 1.82) is 0 Å². The molecule has 0 spiro atoms. The predicted octanol–water partition coefficient (Wildman–Crippen LogP) is 11.3. The van der Waals surface area contributed by atoms with E-state index < -0.39 is 0 Å². The molecule has 8 aromatic rings. The molecule has 7 aromatic carbocycles. The van der Waals surface area contributed by atoms with Crippen LogP contribution in [0.3, 0.4) is 0 Å². The molecular formula is C40H26O. The van der Waals surface area contributed by atoms with Gasteiger partial charge in [-0.15, -0.1) is 0 Å². The zero-order valence-electron chi connectivity index (χ0n) is 22.5. The van der Waals surface area contributed by atoms with E-state index in [1.54, 1.807) is 0 Å². The van der Waals surface area contributed by atoms with Crippen LogP contribution < -0.4 is 0 Å². The molecule has 1 heterocycles. The molecule has 0 amide bonds. The number of benzene rings is 7. The van der Waals surface area contributed by atoms with Gasteiger partial charge in [-0.2, -0.15) is 0 Å². The number of furan rings is 1. The van der Waals surface area contributed by atoms with Gasteiger partial charge in [0, 0.05) is 10.8 Å². The molecule has 0 saturated heterocycles. The van der Waals surface area contributed by atoms with Crippen LogP contribution in [0.15, 0.2) is 132 Å². The van der Waals surface area contributed by atoms with Crippen LogP contribution >= 0.6 is 0 Å². The zero-order chi connectivity index (χ0) is 26.9. The fourth-order valence-corrected chi connectivity index (χ4v) is 7.14. The molecule has 0 fully saturated rings. The fraction of sp³-hybridized carbons (Fsp3) is 0.0500. The first kappa shape index (κ1) is 22.7. The number of hydrogen-bond acceptors (Lipinski definition) is 1. The Labute approximate surface area is 238 Å². The fourth-order valence-electron chi connectivity index (χ4n) is 7.14. The van der Waals surface area contributed by atoms with E-state index in [2.05, 4.69) is 121 Å². The topological polar surface area (TPSA) is 13.1 Å². The lowest BCUT2D eigenvalue weighted by atomic mass is 9.81. The number of hydrogen-bond donors (Lipinski definition) is 0. The van der Waals surface area contributed by atoms with E-state index in [1.807, 2.05) is 12.1 Å². The molecule has 41 heavy (non-hydrogen) atoms. The van der Waals surface area contributed by atoms with Crippen molar-refractivity contribution >= 4 is 60.3 Å². The van der Waals surface area contributed by atoms with Gasteiger partial charge in [0.1, 0.15) is 11.2 Å². The Morgan fingerprint density at radius 3 is 1.85 bits per heavy atom. The summed E-state index contributed by atoms with van der Waals surface area (Å²) in [6.07, 6.45) is 6.80. The van der Waals surface area contributed by atoms with Crippen LogP contribution in [-0.2, 0) is 6.42 Å². The van der Waals surface area contributed by atoms with Gasteiger partial charge < -0.3 is 4.42 Å². The lowest BCUT2D eigenvalue weighted by Crippen LogP contribution is -2.00. The minimum atomic E-state index is 0.927. The largest absolute Gasteiger partial charge is 0.456 e. The maximum atomic E-state index is 6.18. The highest BCUT2D eigenvalue weighted by molar-refractivity contribution is 6.23. The second kappa shape index (κ2) is 8.68. The summed E-state index contributed by atoms with van der Waals surface area (Å²) in [7, 11) is 0. The molecule has 9 rings (SSSR count). The average Bonchev–Trinajstić information content (AvgIpc) is 3.41. The van der Waals surface area contributed by atoms with Gasteiger partial charge in [-0.25, -0.2) is 0 Å². The molecule has 1 aliphatic rings. The first-order valence-corrected chi connectivity index (χ1v) is 14.4. The number of para-hydroxylation sites is 1. The molecule has 1 nitrogen and oxygen atoms in total. The van der Waals surface area contributed by atoms with E-state index in [4.69, 9.17) is 4.42 Å². The summed E-state index contributed by atoms with van der Waals surface area (Å²) < 4.78 is 6.18. The number of fused-ring (bicyclic) bond motifs is 8. The Kier molecular flexibility index (Phi) is 4.80. The third-order valence-corrected chi connectivity index (χ3v) is 8.91. The monoisotopic (exact) mass is 522 g/mol. The van der Waals surface area contributed by atoms with Crippen molar-refractivity contribution in [2.24, 2.45) is 0 Å². The molecule has 192 valence electrons. The van der Waals surface area contributed by atoms with Crippen LogP contribution in [0, 0.1) is 0 Å². The molecule has 0 radical (unpaired) electrons. The number of rotatable bonds is 2. The molecule has 0 aliphatic heterocycles. The van der Waals surface area contributed by atoms with Gasteiger partial charge in [-0.05, 0) is 103 Å². The minimum absolute atomic E-state index is 0.927. The van der Waals surface area contributed by atoms with E-state index in [0.29, 0.717) is 0 Å². The van der Waals surface area contributed by atoms with Crippen molar-refractivity contribution in [1.82, 2.24) is 0 Å². The zero-order valence-corrected chi connectivity index (χ0v) is 22.5. The van der Waals surface area contributed by atoms with E-state index >= 15 is 0 Å². The summed E-state index contributed by atoms with van der Waals surface area (Å²) in [5.41, 5.74) is 9.88. The van der Waals surface area contributed by atoms with Crippen molar-refractivity contribution in [2.75, 3.05) is 0 Å². The Bertz CT molecular complexity index is 2310. The lowest BCUT2D eigenvalue weighted by Gasteiger charge is -2.23. The molecule has 0 N–H and O–H groups in total. The second-order valence-corrected chi connectivity index (χ2v) is 11.1. The quantitative estimate of drug-likeness (QED) is 0.206. The summed E-state index contributed by atoms with van der Waals surface area (Å²) in [5.74, 6) is 0. The molecule has 0 bridgehead atoms. The predicted molar refractivity (Wildman–Crippen MR) is 174 cm³/mol. The van der Waals surface area contributed by atoms with Gasteiger partial charge in [-0.1, -0.05) is 109 Å². The van der Waals surface area contributed by atoms with Crippen LogP contribution in [0.1, 0.15) is 17.5 Å². The Hall–Kier alpha value is -5.14. The molecule has 0 atom stereocenters. The molecular weight excluding hydrogens is 496 g/mol. The smallest absolute Gasteiger partial charge is 0.135 e. The summed E-state index contributed by atoms with van der Waals surface area (Å²) in [6.45, 7) is 0. The third kappa shape index (κ3) is 3.30. The van der Waals surface area contributed by atoms with Crippen molar-refractivity contribution in [3.8, 4) is 22.3 Å². The average molecular weight is 523 g/mol. The van der Waals surface area contributed by atoms with Crippen molar-refractivity contribution in [2.45, 2.75) is 12.8 Å². The Morgan fingerprint density at radius 2 is 1.10 bits per heavy atom. The highest BCUT2D eigenvalue weighted by Gasteiger charge is 2.22. The van der Waals surface area contributed by atoms with Crippen molar-refractivity contribution < 1.29 is 4.42 Å². The second-order valence-electron chi connectivity index (χ2n) is 11.1. The van der Waals surface area contributed by atoms with Crippen LogP contribution in [0.25, 0.3) is 82.6 Å². The summed E-state index contributed by atoms with van der Waals surface area (Å²) >= 11 is 0. The van der Waals surface area contributed by atoms with Crippen LogP contribution in [-0.4, -0.2) is 0 Å². The normalized spacial score (nSPS) is 13.1. The highest BCUT2D eigenvalue weighted by Crippen LogP contribution is 2.47. The number of allylic oxidation sites excluding steroid dienone is 1. The van der Waals surface area contributed by atoms with Crippen LogP contribution in [0.2, 0.25) is 0 Å². The molecule has 1 heteroatoms. The van der Waals surface area contributed by atoms with Gasteiger partial charge in [-0.3, -0.25) is 0 Å².